The van der Waals surface area contributed by atoms with Crippen LogP contribution in [0.15, 0.2) is 22.7 Å². The van der Waals surface area contributed by atoms with Gasteiger partial charge in [0.15, 0.2) is 0 Å². The topological polar surface area (TPSA) is 46.2 Å². The van der Waals surface area contributed by atoms with Crippen molar-refractivity contribution in [3.05, 3.63) is 31.8 Å². The molecular formula is C9H11BrINO. The van der Waals surface area contributed by atoms with Crippen LogP contribution in [0.25, 0.3) is 0 Å². The number of hydrogen-bond donors (Lipinski definition) is 2. The summed E-state index contributed by atoms with van der Waals surface area (Å²) in [5, 5.41) is 9.29. The Balaban J connectivity index is 2.97. The van der Waals surface area contributed by atoms with E-state index >= 15 is 0 Å². The van der Waals surface area contributed by atoms with E-state index in [4.69, 9.17) is 5.73 Å². The van der Waals surface area contributed by atoms with Gasteiger partial charge in [-0.2, -0.15) is 0 Å². The Morgan fingerprint density at radius 3 is 2.62 bits per heavy atom. The van der Waals surface area contributed by atoms with E-state index in [2.05, 4.69) is 38.5 Å². The van der Waals surface area contributed by atoms with Gasteiger partial charge in [-0.25, -0.2) is 0 Å². The van der Waals surface area contributed by atoms with Crippen LogP contribution in [0.1, 0.15) is 18.5 Å². The molecule has 0 amide bonds. The minimum atomic E-state index is -0.521. The van der Waals surface area contributed by atoms with Gasteiger partial charge in [0.05, 0.1) is 12.1 Å². The monoisotopic (exact) mass is 355 g/mol. The number of halogens is 2. The molecule has 1 rings (SSSR count). The predicted octanol–water partition coefficient (Wildman–Crippen LogP) is 2.43. The van der Waals surface area contributed by atoms with E-state index in [1.165, 1.54) is 0 Å². The van der Waals surface area contributed by atoms with Gasteiger partial charge >= 0.3 is 0 Å². The Hall–Kier alpha value is 0.350. The zero-order valence-corrected chi connectivity index (χ0v) is 10.9. The van der Waals surface area contributed by atoms with Crippen LogP contribution < -0.4 is 5.73 Å². The highest BCUT2D eigenvalue weighted by molar-refractivity contribution is 14.1. The van der Waals surface area contributed by atoms with E-state index in [0.717, 1.165) is 13.6 Å². The van der Waals surface area contributed by atoms with Crippen molar-refractivity contribution >= 4 is 38.5 Å². The van der Waals surface area contributed by atoms with Gasteiger partial charge in [-0.15, -0.1) is 0 Å². The molecule has 0 spiro atoms. The maximum absolute atomic E-state index is 9.29. The molecule has 2 nitrogen and oxygen atoms in total. The SMILES string of the molecule is C[C@@H](O)[C@H](N)c1ccc(I)c(Br)c1. The second-order valence-corrected chi connectivity index (χ2v) is 4.96. The fourth-order valence-corrected chi connectivity index (χ4v) is 1.73. The number of rotatable bonds is 2. The maximum Gasteiger partial charge on any atom is 0.0704 e. The summed E-state index contributed by atoms with van der Waals surface area (Å²) >= 11 is 5.65. The van der Waals surface area contributed by atoms with Crippen LogP contribution in [-0.4, -0.2) is 11.2 Å². The van der Waals surface area contributed by atoms with E-state index < -0.39 is 6.10 Å². The number of aliphatic hydroxyl groups excluding tert-OH is 1. The fraction of sp³-hybridized carbons (Fsp3) is 0.333. The molecule has 0 aliphatic carbocycles. The lowest BCUT2D eigenvalue weighted by Gasteiger charge is -2.15. The van der Waals surface area contributed by atoms with Gasteiger partial charge in [-0.3, -0.25) is 0 Å². The molecule has 13 heavy (non-hydrogen) atoms. The second-order valence-electron chi connectivity index (χ2n) is 2.94. The summed E-state index contributed by atoms with van der Waals surface area (Å²) in [5.41, 5.74) is 6.73. The van der Waals surface area contributed by atoms with Gasteiger partial charge < -0.3 is 10.8 Å². The number of benzene rings is 1. The molecule has 0 aliphatic rings. The zero-order chi connectivity index (χ0) is 10.0. The summed E-state index contributed by atoms with van der Waals surface area (Å²) in [4.78, 5) is 0. The molecular weight excluding hydrogens is 345 g/mol. The Labute approximate surface area is 99.8 Å². The molecule has 2 atom stereocenters. The molecule has 1 aromatic rings. The Bertz CT molecular complexity index is 304. The van der Waals surface area contributed by atoms with Crippen molar-refractivity contribution in [1.29, 1.82) is 0 Å². The Kier molecular flexibility index (Phi) is 4.15. The highest BCUT2D eigenvalue weighted by Gasteiger charge is 2.12. The number of aliphatic hydroxyl groups is 1. The van der Waals surface area contributed by atoms with Gasteiger partial charge in [0.1, 0.15) is 0 Å². The molecule has 72 valence electrons. The first-order chi connectivity index (χ1) is 6.02. The molecule has 0 aliphatic heterocycles. The van der Waals surface area contributed by atoms with E-state index in [1.54, 1.807) is 6.92 Å². The van der Waals surface area contributed by atoms with Crippen LogP contribution in [-0.2, 0) is 0 Å². The second kappa shape index (κ2) is 4.72. The predicted molar refractivity (Wildman–Crippen MR) is 65.5 cm³/mol. The van der Waals surface area contributed by atoms with E-state index in [-0.39, 0.29) is 6.04 Å². The highest BCUT2D eigenvalue weighted by atomic mass is 127. The lowest BCUT2D eigenvalue weighted by Crippen LogP contribution is -2.23. The van der Waals surface area contributed by atoms with Crippen molar-refractivity contribution in [1.82, 2.24) is 0 Å². The first kappa shape index (κ1) is 11.4. The van der Waals surface area contributed by atoms with Gasteiger partial charge in [-0.1, -0.05) is 6.07 Å². The molecule has 3 N–H and O–H groups in total. The highest BCUT2D eigenvalue weighted by Crippen LogP contribution is 2.23. The summed E-state index contributed by atoms with van der Waals surface area (Å²) in [6.45, 7) is 1.69. The average Bonchev–Trinajstić information content (AvgIpc) is 2.08. The molecule has 1 aromatic carbocycles. The van der Waals surface area contributed by atoms with Crippen molar-refractivity contribution < 1.29 is 5.11 Å². The van der Waals surface area contributed by atoms with E-state index in [9.17, 15) is 5.11 Å². The maximum atomic E-state index is 9.29. The van der Waals surface area contributed by atoms with Gasteiger partial charge in [0.25, 0.3) is 0 Å². The van der Waals surface area contributed by atoms with Crippen LogP contribution in [0.2, 0.25) is 0 Å². The molecule has 0 bridgehead atoms. The largest absolute Gasteiger partial charge is 0.391 e. The summed E-state index contributed by atoms with van der Waals surface area (Å²) in [7, 11) is 0. The van der Waals surface area contributed by atoms with Crippen LogP contribution in [0.3, 0.4) is 0 Å². The summed E-state index contributed by atoms with van der Waals surface area (Å²) in [5.74, 6) is 0. The first-order valence-corrected chi connectivity index (χ1v) is 5.78. The molecule has 0 saturated carbocycles. The standard InChI is InChI=1S/C9H11BrINO/c1-5(13)9(12)6-2-3-8(11)7(10)4-6/h2-5,9,13H,12H2,1H3/t5-,9+/m1/s1. The van der Waals surface area contributed by atoms with E-state index in [1.807, 2.05) is 18.2 Å². The lowest BCUT2D eigenvalue weighted by atomic mass is 10.0. The number of nitrogens with two attached hydrogens (primary N) is 1. The van der Waals surface area contributed by atoms with Crippen molar-refractivity contribution in [3.8, 4) is 0 Å². The third kappa shape index (κ3) is 2.90. The molecule has 0 aromatic heterocycles. The smallest absolute Gasteiger partial charge is 0.0704 e. The van der Waals surface area contributed by atoms with Crippen LogP contribution in [0, 0.1) is 3.57 Å². The van der Waals surface area contributed by atoms with Gasteiger partial charge in [0.2, 0.25) is 0 Å². The normalized spacial score (nSPS) is 15.5. The van der Waals surface area contributed by atoms with Crippen molar-refractivity contribution in [2.45, 2.75) is 19.1 Å². The molecule has 0 fully saturated rings. The zero-order valence-electron chi connectivity index (χ0n) is 7.17. The molecule has 0 heterocycles. The van der Waals surface area contributed by atoms with Crippen molar-refractivity contribution in [2.75, 3.05) is 0 Å². The Morgan fingerprint density at radius 2 is 2.15 bits per heavy atom. The summed E-state index contributed by atoms with van der Waals surface area (Å²) in [6, 6.07) is 5.54. The van der Waals surface area contributed by atoms with Crippen LogP contribution in [0.4, 0.5) is 0 Å². The molecule has 4 heteroatoms. The minimum Gasteiger partial charge on any atom is -0.391 e. The van der Waals surface area contributed by atoms with Crippen molar-refractivity contribution in [2.24, 2.45) is 5.73 Å². The third-order valence-corrected chi connectivity index (χ3v) is 4.19. The minimum absolute atomic E-state index is 0.312. The van der Waals surface area contributed by atoms with E-state index in [0.29, 0.717) is 0 Å². The molecule has 0 saturated heterocycles. The fourth-order valence-electron chi connectivity index (χ4n) is 0.998. The van der Waals surface area contributed by atoms with Crippen molar-refractivity contribution in [3.63, 3.8) is 0 Å². The summed E-state index contributed by atoms with van der Waals surface area (Å²) < 4.78 is 2.15. The number of hydrogen-bond acceptors (Lipinski definition) is 2. The molecule has 0 unspecified atom stereocenters. The average molecular weight is 356 g/mol. The Morgan fingerprint density at radius 1 is 1.54 bits per heavy atom. The summed E-state index contributed by atoms with van der Waals surface area (Å²) in [6.07, 6.45) is -0.521. The van der Waals surface area contributed by atoms with Crippen LogP contribution >= 0.6 is 38.5 Å². The lowest BCUT2D eigenvalue weighted by molar-refractivity contribution is 0.164. The van der Waals surface area contributed by atoms with Gasteiger partial charge in [0, 0.05) is 8.04 Å². The quantitative estimate of drug-likeness (QED) is 0.800. The molecule has 0 radical (unpaired) electrons. The first-order valence-electron chi connectivity index (χ1n) is 3.91. The van der Waals surface area contributed by atoms with Gasteiger partial charge in [-0.05, 0) is 63.1 Å². The third-order valence-electron chi connectivity index (χ3n) is 1.85. The van der Waals surface area contributed by atoms with Crippen LogP contribution in [0.5, 0.6) is 0 Å².